The third-order valence-electron chi connectivity index (χ3n) is 5.82. The van der Waals surface area contributed by atoms with Crippen molar-refractivity contribution in [1.29, 1.82) is 0 Å². The molecule has 3 heterocycles. The SMILES string of the molecule is CC(C(=O)Nc1cnc(Oc2c(F)cccc2F)cn1)N1CCC(F)(F)C(c2cc[n+]([O-])cc2)C1. The Balaban J connectivity index is 1.40. The van der Waals surface area contributed by atoms with E-state index in [4.69, 9.17) is 4.74 Å². The molecule has 0 radical (unpaired) electrons. The number of nitrogens with zero attached hydrogens (tertiary/aromatic N) is 4. The van der Waals surface area contributed by atoms with Gasteiger partial charge < -0.3 is 15.3 Å². The zero-order valence-electron chi connectivity index (χ0n) is 18.5. The van der Waals surface area contributed by atoms with E-state index in [1.165, 1.54) is 18.2 Å². The number of benzene rings is 1. The van der Waals surface area contributed by atoms with Gasteiger partial charge in [-0.2, -0.15) is 4.73 Å². The van der Waals surface area contributed by atoms with Crippen LogP contribution < -0.4 is 14.8 Å². The molecule has 8 nitrogen and oxygen atoms in total. The molecular formula is C23H21F4N5O3. The van der Waals surface area contributed by atoms with Crippen LogP contribution in [0.3, 0.4) is 0 Å². The van der Waals surface area contributed by atoms with Crippen molar-refractivity contribution in [2.75, 3.05) is 18.4 Å². The van der Waals surface area contributed by atoms with Crippen LogP contribution in [0.25, 0.3) is 0 Å². The first-order chi connectivity index (χ1) is 16.6. The maximum absolute atomic E-state index is 14.6. The number of alkyl halides is 2. The predicted molar refractivity (Wildman–Crippen MR) is 116 cm³/mol. The first-order valence-corrected chi connectivity index (χ1v) is 10.7. The second kappa shape index (κ2) is 9.82. The summed E-state index contributed by atoms with van der Waals surface area (Å²) in [6.45, 7) is 1.49. The molecule has 1 N–H and O–H groups in total. The van der Waals surface area contributed by atoms with Crippen molar-refractivity contribution in [3.05, 3.63) is 77.5 Å². The number of carbonyl (C=O) groups is 1. The number of ether oxygens (including phenoxy) is 1. The molecule has 0 bridgehead atoms. The van der Waals surface area contributed by atoms with E-state index in [1.54, 1.807) is 11.8 Å². The van der Waals surface area contributed by atoms with Crippen molar-refractivity contribution in [2.45, 2.75) is 31.2 Å². The van der Waals surface area contributed by atoms with Crippen LogP contribution in [0, 0.1) is 16.8 Å². The summed E-state index contributed by atoms with van der Waals surface area (Å²) >= 11 is 0. The third kappa shape index (κ3) is 5.48. The molecule has 2 unspecified atom stereocenters. The van der Waals surface area contributed by atoms with E-state index in [0.717, 1.165) is 36.9 Å². The number of para-hydroxylation sites is 1. The van der Waals surface area contributed by atoms with Crippen LogP contribution in [0.1, 0.15) is 24.8 Å². The molecule has 1 aromatic carbocycles. The summed E-state index contributed by atoms with van der Waals surface area (Å²) in [5.41, 5.74) is 0.312. The molecule has 1 aliphatic rings. The van der Waals surface area contributed by atoms with E-state index >= 15 is 0 Å². The number of nitrogens with one attached hydrogen (secondary N) is 1. The van der Waals surface area contributed by atoms with Gasteiger partial charge >= 0.3 is 0 Å². The first-order valence-electron chi connectivity index (χ1n) is 10.7. The molecule has 4 rings (SSSR count). The Kier molecular flexibility index (Phi) is 6.83. The lowest BCUT2D eigenvalue weighted by Crippen LogP contribution is -2.52. The second-order valence-electron chi connectivity index (χ2n) is 8.11. The number of pyridine rings is 1. The van der Waals surface area contributed by atoms with Crippen LogP contribution in [0.4, 0.5) is 23.4 Å². The summed E-state index contributed by atoms with van der Waals surface area (Å²) in [5, 5.41) is 13.8. The number of anilines is 1. The van der Waals surface area contributed by atoms with E-state index in [0.29, 0.717) is 10.3 Å². The topological polar surface area (TPSA) is 94.3 Å². The lowest BCUT2D eigenvalue weighted by Gasteiger charge is -2.40. The zero-order chi connectivity index (χ0) is 25.2. The van der Waals surface area contributed by atoms with Crippen LogP contribution in [-0.2, 0) is 4.79 Å². The van der Waals surface area contributed by atoms with Crippen LogP contribution in [0.15, 0.2) is 55.1 Å². The molecule has 35 heavy (non-hydrogen) atoms. The van der Waals surface area contributed by atoms with Crippen molar-refractivity contribution in [2.24, 2.45) is 0 Å². The first kappa shape index (κ1) is 24.3. The van der Waals surface area contributed by atoms with E-state index in [2.05, 4.69) is 15.3 Å². The highest BCUT2D eigenvalue weighted by atomic mass is 19.3. The summed E-state index contributed by atoms with van der Waals surface area (Å²) < 4.78 is 62.2. The lowest BCUT2D eigenvalue weighted by molar-refractivity contribution is -0.605. The Morgan fingerprint density at radius 1 is 1.20 bits per heavy atom. The largest absolute Gasteiger partial charge is 0.619 e. The molecule has 0 aliphatic carbocycles. The standard InChI is InChI=1S/C23H21F4N5O3/c1-14(31-10-7-23(26,27)16(13-31)15-5-8-32(34)9-6-15)22(33)30-19-11-29-20(12-28-19)35-21-17(24)3-2-4-18(21)25/h2-6,8-9,11-12,14,16H,7,10,13H2,1H3,(H,28,30,33). The molecular weight excluding hydrogens is 470 g/mol. The smallest absolute Gasteiger partial charge is 0.257 e. The normalized spacial score (nSPS) is 18.6. The highest BCUT2D eigenvalue weighted by Gasteiger charge is 2.46. The number of carbonyl (C=O) groups excluding carboxylic acids is 1. The van der Waals surface area contributed by atoms with E-state index in [-0.39, 0.29) is 24.8 Å². The minimum Gasteiger partial charge on any atom is -0.619 e. The number of likely N-dealkylation sites (tertiary alicyclic amines) is 1. The number of hydrogen-bond donors (Lipinski definition) is 1. The summed E-state index contributed by atoms with van der Waals surface area (Å²) in [5.74, 6) is -7.26. The van der Waals surface area contributed by atoms with Gasteiger partial charge in [-0.3, -0.25) is 9.69 Å². The van der Waals surface area contributed by atoms with Gasteiger partial charge in [0.1, 0.15) is 0 Å². The molecule has 0 saturated carbocycles. The fourth-order valence-corrected chi connectivity index (χ4v) is 3.80. The van der Waals surface area contributed by atoms with Gasteiger partial charge in [0, 0.05) is 31.6 Å². The van der Waals surface area contributed by atoms with Gasteiger partial charge in [-0.1, -0.05) is 6.07 Å². The number of hydrogen-bond acceptors (Lipinski definition) is 6. The highest BCUT2D eigenvalue weighted by molar-refractivity contribution is 5.93. The van der Waals surface area contributed by atoms with Crippen molar-refractivity contribution in [3.63, 3.8) is 0 Å². The van der Waals surface area contributed by atoms with Gasteiger partial charge in [-0.25, -0.2) is 27.5 Å². The summed E-state index contributed by atoms with van der Waals surface area (Å²) in [7, 11) is 0. The second-order valence-corrected chi connectivity index (χ2v) is 8.11. The Morgan fingerprint density at radius 3 is 2.51 bits per heavy atom. The predicted octanol–water partition coefficient (Wildman–Crippen LogP) is 3.63. The van der Waals surface area contributed by atoms with Crippen LogP contribution in [0.5, 0.6) is 11.6 Å². The molecule has 184 valence electrons. The molecule has 1 aliphatic heterocycles. The van der Waals surface area contributed by atoms with Crippen molar-refractivity contribution >= 4 is 11.7 Å². The van der Waals surface area contributed by atoms with Crippen LogP contribution in [-0.4, -0.2) is 45.8 Å². The van der Waals surface area contributed by atoms with E-state index in [9.17, 15) is 27.6 Å². The maximum atomic E-state index is 14.6. The van der Waals surface area contributed by atoms with Gasteiger partial charge in [0.05, 0.1) is 24.4 Å². The number of halogens is 4. The van der Waals surface area contributed by atoms with Gasteiger partial charge in [0.25, 0.3) is 5.92 Å². The van der Waals surface area contributed by atoms with Crippen molar-refractivity contribution in [1.82, 2.24) is 14.9 Å². The minimum absolute atomic E-state index is 0.000857. The number of amides is 1. The van der Waals surface area contributed by atoms with Crippen LogP contribution in [0.2, 0.25) is 0 Å². The van der Waals surface area contributed by atoms with Crippen LogP contribution >= 0.6 is 0 Å². The van der Waals surface area contributed by atoms with Gasteiger partial charge in [0.2, 0.25) is 17.5 Å². The Labute approximate surface area is 197 Å². The minimum atomic E-state index is -2.99. The average Bonchev–Trinajstić information content (AvgIpc) is 2.83. The zero-order valence-corrected chi connectivity index (χ0v) is 18.5. The monoisotopic (exact) mass is 491 g/mol. The molecule has 12 heteroatoms. The number of aromatic nitrogens is 3. The van der Waals surface area contributed by atoms with E-state index < -0.39 is 47.6 Å². The maximum Gasteiger partial charge on any atom is 0.257 e. The number of rotatable bonds is 6. The fraction of sp³-hybridized carbons (Fsp3) is 0.304. The van der Waals surface area contributed by atoms with Gasteiger partial charge in [-0.05, 0) is 24.6 Å². The lowest BCUT2D eigenvalue weighted by atomic mass is 9.87. The number of piperidine rings is 1. The van der Waals surface area contributed by atoms with Gasteiger partial charge in [0.15, 0.2) is 29.8 Å². The summed E-state index contributed by atoms with van der Waals surface area (Å²) in [4.78, 5) is 22.2. The fourth-order valence-electron chi connectivity index (χ4n) is 3.80. The summed E-state index contributed by atoms with van der Waals surface area (Å²) in [6, 6.07) is 5.18. The molecule has 1 amide bonds. The molecule has 0 spiro atoms. The Hall–Kier alpha value is -3.80. The molecule has 2 aromatic heterocycles. The van der Waals surface area contributed by atoms with Gasteiger partial charge in [-0.15, -0.1) is 0 Å². The van der Waals surface area contributed by atoms with Crippen molar-refractivity contribution in [3.8, 4) is 11.6 Å². The highest BCUT2D eigenvalue weighted by Crippen LogP contribution is 2.40. The molecule has 3 aromatic rings. The van der Waals surface area contributed by atoms with Crippen molar-refractivity contribution < 1.29 is 31.8 Å². The van der Waals surface area contributed by atoms with E-state index in [1.807, 2.05) is 0 Å². The summed E-state index contributed by atoms with van der Waals surface area (Å²) in [6.07, 6.45) is 4.11. The molecule has 1 saturated heterocycles. The molecule has 2 atom stereocenters. The quantitative estimate of drug-likeness (QED) is 0.322. The average molecular weight is 491 g/mol. The Bertz CT molecular complexity index is 1170. The Morgan fingerprint density at radius 2 is 1.89 bits per heavy atom. The third-order valence-corrected chi connectivity index (χ3v) is 5.82. The molecule has 1 fully saturated rings.